The van der Waals surface area contributed by atoms with Gasteiger partial charge in [0.1, 0.15) is 16.4 Å². The summed E-state index contributed by atoms with van der Waals surface area (Å²) in [6, 6.07) is 0.918. The second-order valence-electron chi connectivity index (χ2n) is 5.17. The van der Waals surface area contributed by atoms with Crippen molar-refractivity contribution < 1.29 is 14.4 Å². The first-order valence-corrected chi connectivity index (χ1v) is 7.14. The van der Waals surface area contributed by atoms with Gasteiger partial charge in [-0.25, -0.2) is 4.79 Å². The first kappa shape index (κ1) is 14.2. The summed E-state index contributed by atoms with van der Waals surface area (Å²) >= 11 is 11.6. The molecule has 2 fully saturated rings. The van der Waals surface area contributed by atoms with E-state index in [2.05, 4.69) is 15.6 Å². The Hall–Kier alpha value is -1.73. The molecule has 0 bridgehead atoms. The van der Waals surface area contributed by atoms with Crippen LogP contribution in [0.4, 0.5) is 4.79 Å². The number of aromatic nitrogens is 1. The quantitative estimate of drug-likeness (QED) is 0.674. The van der Waals surface area contributed by atoms with Crippen molar-refractivity contribution in [2.24, 2.45) is 0 Å². The SMILES string of the molecule is O=C1NC(=O)C2(CCCN(C(=O)c3cc(Cl)c(Cl)[nH]3)C2)N1. The number of urea groups is 1. The molecule has 3 N–H and O–H groups in total. The van der Waals surface area contributed by atoms with Gasteiger partial charge < -0.3 is 15.2 Å². The smallest absolute Gasteiger partial charge is 0.322 e. The second kappa shape index (κ2) is 4.92. The van der Waals surface area contributed by atoms with Crippen molar-refractivity contribution in [3.05, 3.63) is 21.9 Å². The molecule has 21 heavy (non-hydrogen) atoms. The highest BCUT2D eigenvalue weighted by Gasteiger charge is 2.49. The van der Waals surface area contributed by atoms with Crippen molar-refractivity contribution >= 4 is 41.0 Å². The molecule has 0 aromatic carbocycles. The predicted molar refractivity (Wildman–Crippen MR) is 75.4 cm³/mol. The molecule has 0 saturated carbocycles. The minimum atomic E-state index is -1.04. The Morgan fingerprint density at radius 2 is 2.10 bits per heavy atom. The minimum absolute atomic E-state index is 0.123. The number of imide groups is 1. The van der Waals surface area contributed by atoms with E-state index in [1.807, 2.05) is 0 Å². The maximum Gasteiger partial charge on any atom is 0.322 e. The first-order chi connectivity index (χ1) is 9.91. The third-order valence-corrected chi connectivity index (χ3v) is 4.44. The monoisotopic (exact) mass is 330 g/mol. The lowest BCUT2D eigenvalue weighted by Crippen LogP contribution is -2.59. The van der Waals surface area contributed by atoms with E-state index in [0.717, 1.165) is 0 Å². The molecule has 1 atom stereocenters. The number of nitrogens with zero attached hydrogens (tertiary/aromatic N) is 1. The van der Waals surface area contributed by atoms with Crippen LogP contribution in [-0.2, 0) is 4.79 Å². The fraction of sp³-hybridized carbons (Fsp3) is 0.417. The van der Waals surface area contributed by atoms with Gasteiger partial charge in [-0.05, 0) is 18.9 Å². The summed E-state index contributed by atoms with van der Waals surface area (Å²) in [6.07, 6.45) is 1.11. The number of hydrogen-bond donors (Lipinski definition) is 3. The van der Waals surface area contributed by atoms with Gasteiger partial charge in [0.2, 0.25) is 0 Å². The lowest BCUT2D eigenvalue weighted by atomic mass is 9.89. The van der Waals surface area contributed by atoms with Crippen molar-refractivity contribution in [2.45, 2.75) is 18.4 Å². The number of nitrogens with one attached hydrogen (secondary N) is 3. The van der Waals surface area contributed by atoms with Gasteiger partial charge in [0.15, 0.2) is 0 Å². The van der Waals surface area contributed by atoms with Crippen molar-refractivity contribution in [3.63, 3.8) is 0 Å². The van der Waals surface area contributed by atoms with Crippen LogP contribution in [0.1, 0.15) is 23.3 Å². The molecule has 3 rings (SSSR count). The molecule has 2 saturated heterocycles. The van der Waals surface area contributed by atoms with Crippen LogP contribution in [0.3, 0.4) is 0 Å². The van der Waals surface area contributed by atoms with Gasteiger partial charge in [-0.1, -0.05) is 23.2 Å². The fourth-order valence-corrected chi connectivity index (χ4v) is 3.05. The molecule has 4 amide bonds. The summed E-state index contributed by atoms with van der Waals surface area (Å²) in [5.74, 6) is -0.704. The van der Waals surface area contributed by atoms with Crippen LogP contribution in [0.2, 0.25) is 10.2 Å². The third kappa shape index (κ3) is 2.36. The number of H-pyrrole nitrogens is 1. The van der Waals surface area contributed by atoms with Crippen LogP contribution in [0.15, 0.2) is 6.07 Å². The number of carbonyl (C=O) groups excluding carboxylic acids is 3. The van der Waals surface area contributed by atoms with Gasteiger partial charge in [-0.2, -0.15) is 0 Å². The summed E-state index contributed by atoms with van der Waals surface area (Å²) in [7, 11) is 0. The predicted octanol–water partition coefficient (Wildman–Crippen LogP) is 1.14. The van der Waals surface area contributed by atoms with Gasteiger partial charge >= 0.3 is 6.03 Å². The number of amides is 4. The van der Waals surface area contributed by atoms with Crippen LogP contribution in [-0.4, -0.2) is 46.4 Å². The summed E-state index contributed by atoms with van der Waals surface area (Å²) in [5, 5.41) is 5.28. The Morgan fingerprint density at radius 3 is 2.67 bits per heavy atom. The molecule has 7 nitrogen and oxygen atoms in total. The van der Waals surface area contributed by atoms with E-state index in [4.69, 9.17) is 23.2 Å². The number of carbonyl (C=O) groups is 3. The number of piperidine rings is 1. The summed E-state index contributed by atoms with van der Waals surface area (Å²) in [5.41, 5.74) is -0.780. The Balaban J connectivity index is 1.82. The van der Waals surface area contributed by atoms with Gasteiger partial charge in [0.25, 0.3) is 11.8 Å². The van der Waals surface area contributed by atoms with Gasteiger partial charge in [-0.15, -0.1) is 0 Å². The summed E-state index contributed by atoms with van der Waals surface area (Å²) in [4.78, 5) is 39.9. The maximum absolute atomic E-state index is 12.4. The molecular weight excluding hydrogens is 319 g/mol. The molecule has 2 aliphatic heterocycles. The zero-order valence-corrected chi connectivity index (χ0v) is 12.3. The zero-order valence-electron chi connectivity index (χ0n) is 10.8. The Labute approximate surface area is 129 Å². The van der Waals surface area contributed by atoms with Crippen LogP contribution in [0.5, 0.6) is 0 Å². The van der Waals surface area contributed by atoms with Crippen LogP contribution in [0.25, 0.3) is 0 Å². The molecule has 1 aromatic rings. The highest BCUT2D eigenvalue weighted by Crippen LogP contribution is 2.27. The fourth-order valence-electron chi connectivity index (χ4n) is 2.73. The molecule has 2 aliphatic rings. The Kier molecular flexibility index (Phi) is 3.33. The Bertz CT molecular complexity index is 625. The average molecular weight is 331 g/mol. The first-order valence-electron chi connectivity index (χ1n) is 6.38. The summed E-state index contributed by atoms with van der Waals surface area (Å²) in [6.45, 7) is 0.621. The van der Waals surface area contributed by atoms with Crippen LogP contribution >= 0.6 is 23.2 Å². The third-order valence-electron chi connectivity index (χ3n) is 3.75. The minimum Gasteiger partial charge on any atom is -0.340 e. The highest BCUT2D eigenvalue weighted by atomic mass is 35.5. The molecule has 1 spiro atoms. The summed E-state index contributed by atoms with van der Waals surface area (Å²) < 4.78 is 0. The largest absolute Gasteiger partial charge is 0.340 e. The van der Waals surface area contributed by atoms with E-state index in [1.165, 1.54) is 11.0 Å². The van der Waals surface area contributed by atoms with Crippen LogP contribution < -0.4 is 10.6 Å². The van der Waals surface area contributed by atoms with Gasteiger partial charge in [0, 0.05) is 6.54 Å². The molecule has 3 heterocycles. The maximum atomic E-state index is 12.4. The average Bonchev–Trinajstić information content (AvgIpc) is 2.90. The molecule has 0 radical (unpaired) electrons. The van der Waals surface area contributed by atoms with E-state index < -0.39 is 17.5 Å². The standard InChI is InChI=1S/C12H12Cl2N4O3/c13-6-4-7(15-8(6)14)9(19)18-3-1-2-12(5-18)10(20)16-11(21)17-12/h4,15H,1-3,5H2,(H2,16,17,20,21). The number of rotatable bonds is 1. The van der Waals surface area contributed by atoms with Gasteiger partial charge in [0.05, 0.1) is 11.6 Å². The zero-order chi connectivity index (χ0) is 15.2. The second-order valence-corrected chi connectivity index (χ2v) is 5.95. The lowest BCUT2D eigenvalue weighted by molar-refractivity contribution is -0.125. The highest BCUT2D eigenvalue weighted by molar-refractivity contribution is 6.41. The van der Waals surface area contributed by atoms with Gasteiger partial charge in [-0.3, -0.25) is 14.9 Å². The molecule has 9 heteroatoms. The Morgan fingerprint density at radius 1 is 1.33 bits per heavy atom. The number of likely N-dealkylation sites (tertiary alicyclic amines) is 1. The van der Waals surface area contributed by atoms with Crippen molar-refractivity contribution in [3.8, 4) is 0 Å². The molecule has 1 unspecified atom stereocenters. The van der Waals surface area contributed by atoms with E-state index >= 15 is 0 Å². The molecule has 1 aromatic heterocycles. The van der Waals surface area contributed by atoms with Crippen molar-refractivity contribution in [2.75, 3.05) is 13.1 Å². The van der Waals surface area contributed by atoms with E-state index in [0.29, 0.717) is 19.4 Å². The van der Waals surface area contributed by atoms with E-state index in [-0.39, 0.29) is 28.3 Å². The number of aromatic amines is 1. The number of hydrogen-bond acceptors (Lipinski definition) is 3. The molecular formula is C12H12Cl2N4O3. The van der Waals surface area contributed by atoms with Crippen molar-refractivity contribution in [1.82, 2.24) is 20.5 Å². The molecule has 112 valence electrons. The van der Waals surface area contributed by atoms with E-state index in [9.17, 15) is 14.4 Å². The van der Waals surface area contributed by atoms with Crippen molar-refractivity contribution in [1.29, 1.82) is 0 Å². The van der Waals surface area contributed by atoms with E-state index in [1.54, 1.807) is 0 Å². The normalized spacial score (nSPS) is 25.1. The van der Waals surface area contributed by atoms with Crippen LogP contribution in [0, 0.1) is 0 Å². The lowest BCUT2D eigenvalue weighted by Gasteiger charge is -2.37. The topological polar surface area (TPSA) is 94.3 Å². The number of halogens is 2. The molecule has 0 aliphatic carbocycles.